The maximum atomic E-state index is 12.4. The molecule has 1 aromatic carbocycles. The van der Waals surface area contributed by atoms with E-state index in [1.165, 1.54) is 11.3 Å². The number of amides is 1. The number of benzene rings is 1. The molecule has 0 fully saturated rings. The van der Waals surface area contributed by atoms with Gasteiger partial charge in [-0.25, -0.2) is 0 Å². The number of nitrogens with one attached hydrogen (secondary N) is 1. The minimum atomic E-state index is -0.741. The molecule has 3 aromatic rings. The van der Waals surface area contributed by atoms with Gasteiger partial charge in [-0.15, -0.1) is 11.3 Å². The summed E-state index contributed by atoms with van der Waals surface area (Å²) in [6.45, 7) is 1.92. The van der Waals surface area contributed by atoms with E-state index in [1.807, 2.05) is 35.7 Å². The topological polar surface area (TPSA) is 86.5 Å². The van der Waals surface area contributed by atoms with Crippen LogP contribution in [0.25, 0.3) is 10.7 Å². The monoisotopic (exact) mass is 357 g/mol. The highest BCUT2D eigenvalue weighted by Crippen LogP contribution is 2.33. The van der Waals surface area contributed by atoms with Gasteiger partial charge in [0.15, 0.2) is 11.5 Å². The third-order valence-electron chi connectivity index (χ3n) is 3.72. The molecule has 1 aliphatic rings. The molecule has 0 spiro atoms. The largest absolute Gasteiger partial charge is 0.482 e. The number of aromatic nitrogens is 2. The number of hydrogen-bond acceptors (Lipinski definition) is 7. The molecular formula is C17H15N3O4S. The van der Waals surface area contributed by atoms with E-state index in [4.69, 9.17) is 14.0 Å². The zero-order chi connectivity index (χ0) is 17.2. The van der Waals surface area contributed by atoms with Crippen molar-refractivity contribution in [3.63, 3.8) is 0 Å². The second-order valence-electron chi connectivity index (χ2n) is 5.51. The highest BCUT2D eigenvalue weighted by molar-refractivity contribution is 7.13. The highest BCUT2D eigenvalue weighted by Gasteiger charge is 2.34. The van der Waals surface area contributed by atoms with E-state index < -0.39 is 12.2 Å². The van der Waals surface area contributed by atoms with Crippen molar-refractivity contribution in [2.24, 2.45) is 0 Å². The van der Waals surface area contributed by atoms with Crippen LogP contribution in [0.15, 0.2) is 46.3 Å². The molecule has 0 aliphatic carbocycles. The Hall–Kier alpha value is -2.87. The maximum absolute atomic E-state index is 12.4. The maximum Gasteiger partial charge on any atom is 0.265 e. The van der Waals surface area contributed by atoms with Gasteiger partial charge in [0.05, 0.1) is 11.4 Å². The molecule has 7 nitrogen and oxygen atoms in total. The lowest BCUT2D eigenvalue weighted by atomic mass is 10.1. The number of carbonyl (C=O) groups is 1. The average Bonchev–Trinajstić information content (AvgIpc) is 3.30. The third kappa shape index (κ3) is 3.20. The normalized spacial score (nSPS) is 18.8. The quantitative estimate of drug-likeness (QED) is 0.772. The van der Waals surface area contributed by atoms with E-state index in [-0.39, 0.29) is 12.5 Å². The molecule has 4 rings (SSSR count). The molecule has 0 saturated heterocycles. The van der Waals surface area contributed by atoms with Crippen molar-refractivity contribution in [3.8, 4) is 22.2 Å². The second-order valence-corrected chi connectivity index (χ2v) is 6.46. The van der Waals surface area contributed by atoms with Crippen LogP contribution < -0.4 is 14.8 Å². The number of rotatable bonds is 4. The van der Waals surface area contributed by atoms with E-state index in [1.54, 1.807) is 13.0 Å². The van der Waals surface area contributed by atoms with Gasteiger partial charge < -0.3 is 19.3 Å². The molecular weight excluding hydrogens is 342 g/mol. The first-order valence-electron chi connectivity index (χ1n) is 7.77. The summed E-state index contributed by atoms with van der Waals surface area (Å²) in [5, 5.41) is 8.60. The summed E-state index contributed by atoms with van der Waals surface area (Å²) in [6, 6.07) is 11.1. The van der Waals surface area contributed by atoms with Crippen molar-refractivity contribution < 1.29 is 18.8 Å². The van der Waals surface area contributed by atoms with Crippen molar-refractivity contribution in [1.29, 1.82) is 0 Å². The highest BCUT2D eigenvalue weighted by atomic mass is 32.1. The number of nitrogens with zero attached hydrogens (tertiary/aromatic N) is 2. The summed E-state index contributed by atoms with van der Waals surface area (Å²) in [7, 11) is 0. The van der Waals surface area contributed by atoms with Crippen LogP contribution in [0.3, 0.4) is 0 Å². The molecule has 0 saturated carbocycles. The fourth-order valence-corrected chi connectivity index (χ4v) is 3.15. The molecule has 2 aromatic heterocycles. The standard InChI is InChI=1S/C17H15N3O4S/c1-10-15(23-12-6-3-2-5-11(12)22-10)17(21)18-9-14-19-16(20-24-14)13-7-4-8-25-13/h2-8,10,15H,9H2,1H3,(H,18,21)/t10-,15-/m0/s1. The van der Waals surface area contributed by atoms with E-state index in [9.17, 15) is 4.79 Å². The Morgan fingerprint density at radius 1 is 1.20 bits per heavy atom. The SMILES string of the molecule is C[C@@H]1Oc2ccccc2O[C@@H]1C(=O)NCc1nc(-c2cccs2)no1. The van der Waals surface area contributed by atoms with Crippen LogP contribution in [0.5, 0.6) is 11.5 Å². The molecule has 1 N–H and O–H groups in total. The van der Waals surface area contributed by atoms with Gasteiger partial charge in [0.2, 0.25) is 17.8 Å². The van der Waals surface area contributed by atoms with Crippen LogP contribution >= 0.6 is 11.3 Å². The van der Waals surface area contributed by atoms with Crippen molar-refractivity contribution in [1.82, 2.24) is 15.5 Å². The van der Waals surface area contributed by atoms with E-state index in [0.717, 1.165) is 4.88 Å². The second kappa shape index (κ2) is 6.56. The Balaban J connectivity index is 1.39. The van der Waals surface area contributed by atoms with Crippen LogP contribution in [0, 0.1) is 0 Å². The number of thiophene rings is 1. The van der Waals surface area contributed by atoms with Crippen molar-refractivity contribution >= 4 is 17.2 Å². The van der Waals surface area contributed by atoms with Crippen LogP contribution in [0.1, 0.15) is 12.8 Å². The summed E-state index contributed by atoms with van der Waals surface area (Å²) >= 11 is 1.52. The number of ether oxygens (including phenoxy) is 2. The Labute approximate surface area is 147 Å². The fourth-order valence-electron chi connectivity index (χ4n) is 2.50. The summed E-state index contributed by atoms with van der Waals surface area (Å²) in [5.74, 6) is 1.74. The lowest BCUT2D eigenvalue weighted by Gasteiger charge is -2.30. The van der Waals surface area contributed by atoms with E-state index >= 15 is 0 Å². The number of fused-ring (bicyclic) bond motifs is 1. The summed E-state index contributed by atoms with van der Waals surface area (Å²) in [6.07, 6.45) is -1.14. The third-order valence-corrected chi connectivity index (χ3v) is 4.59. The summed E-state index contributed by atoms with van der Waals surface area (Å²) in [4.78, 5) is 17.6. The van der Waals surface area contributed by atoms with Gasteiger partial charge in [-0.2, -0.15) is 4.98 Å². The molecule has 25 heavy (non-hydrogen) atoms. The van der Waals surface area contributed by atoms with Crippen molar-refractivity contribution in [2.45, 2.75) is 25.7 Å². The lowest BCUT2D eigenvalue weighted by Crippen LogP contribution is -2.48. The van der Waals surface area contributed by atoms with Crippen molar-refractivity contribution in [2.75, 3.05) is 0 Å². The molecule has 2 atom stereocenters. The molecule has 0 unspecified atom stereocenters. The Kier molecular flexibility index (Phi) is 4.10. The number of para-hydroxylation sites is 2. The molecule has 128 valence electrons. The Morgan fingerprint density at radius 3 is 2.76 bits per heavy atom. The van der Waals surface area contributed by atoms with Crippen LogP contribution in [-0.2, 0) is 11.3 Å². The Morgan fingerprint density at radius 2 is 2.00 bits per heavy atom. The molecule has 8 heteroatoms. The lowest BCUT2D eigenvalue weighted by molar-refractivity contribution is -0.133. The van der Waals surface area contributed by atoms with E-state index in [2.05, 4.69) is 15.5 Å². The molecule has 0 radical (unpaired) electrons. The fraction of sp³-hybridized carbons (Fsp3) is 0.235. The predicted molar refractivity (Wildman–Crippen MR) is 90.4 cm³/mol. The smallest absolute Gasteiger partial charge is 0.265 e. The van der Waals surface area contributed by atoms with Gasteiger partial charge >= 0.3 is 0 Å². The molecule has 1 aliphatic heterocycles. The minimum Gasteiger partial charge on any atom is -0.482 e. The number of carbonyl (C=O) groups excluding carboxylic acids is 1. The van der Waals surface area contributed by atoms with Crippen LogP contribution in [0.2, 0.25) is 0 Å². The number of hydrogen-bond donors (Lipinski definition) is 1. The van der Waals surface area contributed by atoms with Gasteiger partial charge in [-0.05, 0) is 30.5 Å². The Bertz CT molecular complexity index is 878. The van der Waals surface area contributed by atoms with Gasteiger partial charge in [0.25, 0.3) is 5.91 Å². The van der Waals surface area contributed by atoms with Gasteiger partial charge in [-0.1, -0.05) is 23.4 Å². The average molecular weight is 357 g/mol. The summed E-state index contributed by atoms with van der Waals surface area (Å²) in [5.41, 5.74) is 0. The van der Waals surface area contributed by atoms with Crippen LogP contribution in [-0.4, -0.2) is 28.3 Å². The first kappa shape index (κ1) is 15.6. The minimum absolute atomic E-state index is 0.130. The molecule has 1 amide bonds. The van der Waals surface area contributed by atoms with Crippen LogP contribution in [0.4, 0.5) is 0 Å². The van der Waals surface area contributed by atoms with E-state index in [0.29, 0.717) is 23.2 Å². The van der Waals surface area contributed by atoms with Gasteiger partial charge in [0.1, 0.15) is 6.10 Å². The predicted octanol–water partition coefficient (Wildman–Crippen LogP) is 2.64. The first-order chi connectivity index (χ1) is 12.2. The summed E-state index contributed by atoms with van der Waals surface area (Å²) < 4.78 is 16.7. The van der Waals surface area contributed by atoms with Gasteiger partial charge in [-0.3, -0.25) is 4.79 Å². The van der Waals surface area contributed by atoms with Gasteiger partial charge in [0, 0.05) is 0 Å². The van der Waals surface area contributed by atoms with Crippen molar-refractivity contribution in [3.05, 3.63) is 47.7 Å². The molecule has 3 heterocycles. The zero-order valence-electron chi connectivity index (χ0n) is 13.3. The molecule has 0 bridgehead atoms. The zero-order valence-corrected chi connectivity index (χ0v) is 14.2. The first-order valence-corrected chi connectivity index (χ1v) is 8.65.